The van der Waals surface area contributed by atoms with E-state index in [0.717, 1.165) is 25.7 Å². The van der Waals surface area contributed by atoms with Crippen molar-refractivity contribution in [2.75, 3.05) is 6.54 Å². The van der Waals surface area contributed by atoms with Crippen LogP contribution in [0.4, 0.5) is 0 Å². The Morgan fingerprint density at radius 2 is 1.82 bits per heavy atom. The number of hydrogen-bond donors (Lipinski definition) is 3. The van der Waals surface area contributed by atoms with Gasteiger partial charge in [-0.1, -0.05) is 49.6 Å². The summed E-state index contributed by atoms with van der Waals surface area (Å²) in [5.41, 5.74) is 6.30. The van der Waals surface area contributed by atoms with E-state index in [-0.39, 0.29) is 11.3 Å². The minimum Gasteiger partial charge on any atom is -0.479 e. The van der Waals surface area contributed by atoms with Gasteiger partial charge in [0.25, 0.3) is 0 Å². The Hall–Kier alpha value is -1.88. The van der Waals surface area contributed by atoms with Crippen LogP contribution in [0.1, 0.15) is 50.1 Å². The largest absolute Gasteiger partial charge is 0.479 e. The van der Waals surface area contributed by atoms with Gasteiger partial charge in [0.15, 0.2) is 6.04 Å². The van der Waals surface area contributed by atoms with Gasteiger partial charge in [-0.2, -0.15) is 0 Å². The number of nitrogens with one attached hydrogen (secondary N) is 1. The van der Waals surface area contributed by atoms with Crippen LogP contribution < -0.4 is 11.1 Å². The molecule has 0 heterocycles. The van der Waals surface area contributed by atoms with E-state index in [2.05, 4.69) is 5.32 Å². The first-order valence-corrected chi connectivity index (χ1v) is 7.83. The molecule has 1 saturated carbocycles. The second-order valence-corrected chi connectivity index (χ2v) is 6.19. The smallest absolute Gasteiger partial charge is 0.330 e. The highest BCUT2D eigenvalue weighted by molar-refractivity contribution is 5.84. The molecule has 1 aromatic carbocycles. The fraction of sp³-hybridized carbons (Fsp3) is 0.529. The normalized spacial score (nSPS) is 18.4. The molecular formula is C17H24N2O3. The van der Waals surface area contributed by atoms with Crippen molar-refractivity contribution < 1.29 is 14.7 Å². The number of carboxylic acid groups (broad SMARTS) is 1. The van der Waals surface area contributed by atoms with Crippen LogP contribution in [0, 0.1) is 5.41 Å². The quantitative estimate of drug-likeness (QED) is 0.751. The summed E-state index contributed by atoms with van der Waals surface area (Å²) in [5, 5.41) is 12.0. The lowest BCUT2D eigenvalue weighted by atomic mass is 9.71. The predicted octanol–water partition coefficient (Wildman–Crippen LogP) is 2.23. The molecule has 0 radical (unpaired) electrons. The van der Waals surface area contributed by atoms with Crippen molar-refractivity contribution in [1.29, 1.82) is 0 Å². The molecule has 1 aliphatic carbocycles. The minimum atomic E-state index is -1.05. The second kappa shape index (κ2) is 7.40. The van der Waals surface area contributed by atoms with Crippen LogP contribution in [0.2, 0.25) is 0 Å². The predicted molar refractivity (Wildman–Crippen MR) is 84.2 cm³/mol. The number of amides is 1. The van der Waals surface area contributed by atoms with Gasteiger partial charge in [0.1, 0.15) is 0 Å². The van der Waals surface area contributed by atoms with Gasteiger partial charge in [-0.05, 0) is 30.4 Å². The Labute approximate surface area is 130 Å². The van der Waals surface area contributed by atoms with Gasteiger partial charge in [0, 0.05) is 6.42 Å². The highest BCUT2D eigenvalue weighted by Crippen LogP contribution is 2.38. The molecule has 120 valence electrons. The first kappa shape index (κ1) is 16.5. The van der Waals surface area contributed by atoms with Crippen molar-refractivity contribution in [3.63, 3.8) is 0 Å². The van der Waals surface area contributed by atoms with E-state index in [1.54, 1.807) is 24.3 Å². The van der Waals surface area contributed by atoms with Gasteiger partial charge in [-0.25, -0.2) is 4.79 Å². The van der Waals surface area contributed by atoms with E-state index in [0.29, 0.717) is 18.5 Å². The summed E-state index contributed by atoms with van der Waals surface area (Å²) in [5.74, 6) is -1.28. The molecule has 1 aliphatic rings. The molecule has 1 aromatic rings. The Bertz CT molecular complexity index is 510. The maximum absolute atomic E-state index is 12.3. The molecular weight excluding hydrogens is 280 g/mol. The molecule has 0 bridgehead atoms. The summed E-state index contributed by atoms with van der Waals surface area (Å²) in [6.07, 6.45) is 5.56. The molecule has 0 aliphatic heterocycles. The molecule has 1 fully saturated rings. The SMILES string of the molecule is NCC1(CC(=O)N[C@@H](C(=O)O)c2ccccc2)CCCCC1. The van der Waals surface area contributed by atoms with E-state index >= 15 is 0 Å². The Kier molecular flexibility index (Phi) is 5.55. The van der Waals surface area contributed by atoms with Gasteiger partial charge < -0.3 is 16.2 Å². The zero-order valence-corrected chi connectivity index (χ0v) is 12.8. The van der Waals surface area contributed by atoms with Crippen molar-refractivity contribution in [2.24, 2.45) is 11.1 Å². The molecule has 0 saturated heterocycles. The third-order valence-electron chi connectivity index (χ3n) is 4.57. The van der Waals surface area contributed by atoms with Crippen molar-refractivity contribution >= 4 is 11.9 Å². The van der Waals surface area contributed by atoms with Gasteiger partial charge in [0.05, 0.1) is 0 Å². The summed E-state index contributed by atoms with van der Waals surface area (Å²) in [6, 6.07) is 7.75. The number of carbonyl (C=O) groups excluding carboxylic acids is 1. The number of carbonyl (C=O) groups is 2. The van der Waals surface area contributed by atoms with Crippen LogP contribution in [-0.4, -0.2) is 23.5 Å². The summed E-state index contributed by atoms with van der Waals surface area (Å²) in [6.45, 7) is 0.476. The van der Waals surface area contributed by atoms with Crippen LogP contribution in [0.15, 0.2) is 30.3 Å². The first-order valence-electron chi connectivity index (χ1n) is 7.83. The monoisotopic (exact) mass is 304 g/mol. The average molecular weight is 304 g/mol. The van der Waals surface area contributed by atoms with Gasteiger partial charge >= 0.3 is 5.97 Å². The van der Waals surface area contributed by atoms with Crippen LogP contribution in [0.25, 0.3) is 0 Å². The lowest BCUT2D eigenvalue weighted by Gasteiger charge is -2.36. The Morgan fingerprint density at radius 1 is 1.18 bits per heavy atom. The number of carboxylic acids is 1. The van der Waals surface area contributed by atoms with E-state index in [1.807, 2.05) is 6.07 Å². The number of benzene rings is 1. The lowest BCUT2D eigenvalue weighted by molar-refractivity contribution is -0.142. The number of hydrogen-bond acceptors (Lipinski definition) is 3. The van der Waals surface area contributed by atoms with Gasteiger partial charge in [-0.3, -0.25) is 4.79 Å². The topological polar surface area (TPSA) is 92.4 Å². The number of nitrogens with two attached hydrogens (primary N) is 1. The number of aliphatic carboxylic acids is 1. The van der Waals surface area contributed by atoms with E-state index in [9.17, 15) is 14.7 Å². The van der Waals surface area contributed by atoms with Crippen molar-refractivity contribution in [1.82, 2.24) is 5.32 Å². The van der Waals surface area contributed by atoms with E-state index in [1.165, 1.54) is 6.42 Å². The maximum atomic E-state index is 12.3. The van der Waals surface area contributed by atoms with Crippen LogP contribution in [-0.2, 0) is 9.59 Å². The van der Waals surface area contributed by atoms with E-state index in [4.69, 9.17) is 5.73 Å². The highest BCUT2D eigenvalue weighted by atomic mass is 16.4. The lowest BCUT2D eigenvalue weighted by Crippen LogP contribution is -2.41. The molecule has 1 amide bonds. The third kappa shape index (κ3) is 4.07. The van der Waals surface area contributed by atoms with Crippen molar-refractivity contribution in [3.05, 3.63) is 35.9 Å². The molecule has 0 aromatic heterocycles. The van der Waals surface area contributed by atoms with Crippen LogP contribution in [0.5, 0.6) is 0 Å². The second-order valence-electron chi connectivity index (χ2n) is 6.19. The standard InChI is InChI=1S/C17H24N2O3/c18-12-17(9-5-2-6-10-17)11-14(20)19-15(16(21)22)13-7-3-1-4-8-13/h1,3-4,7-8,15H,2,5-6,9-12,18H2,(H,19,20)(H,21,22)/t15-/m1/s1. The highest BCUT2D eigenvalue weighted by Gasteiger charge is 2.34. The fourth-order valence-corrected chi connectivity index (χ4v) is 3.24. The zero-order valence-electron chi connectivity index (χ0n) is 12.8. The molecule has 0 spiro atoms. The third-order valence-corrected chi connectivity index (χ3v) is 4.57. The first-order chi connectivity index (χ1) is 10.6. The molecule has 5 nitrogen and oxygen atoms in total. The summed E-state index contributed by atoms with van der Waals surface area (Å²) in [4.78, 5) is 23.8. The minimum absolute atomic E-state index is 0.165. The van der Waals surface area contributed by atoms with Crippen LogP contribution >= 0.6 is 0 Å². The molecule has 1 atom stereocenters. The fourth-order valence-electron chi connectivity index (χ4n) is 3.24. The maximum Gasteiger partial charge on any atom is 0.330 e. The average Bonchev–Trinajstić information content (AvgIpc) is 2.54. The molecule has 5 heteroatoms. The Balaban J connectivity index is 2.04. The molecule has 0 unspecified atom stereocenters. The van der Waals surface area contributed by atoms with Crippen molar-refractivity contribution in [3.8, 4) is 0 Å². The summed E-state index contributed by atoms with van der Waals surface area (Å²) >= 11 is 0. The summed E-state index contributed by atoms with van der Waals surface area (Å²) in [7, 11) is 0. The number of rotatable bonds is 6. The van der Waals surface area contributed by atoms with Gasteiger partial charge in [0.2, 0.25) is 5.91 Å². The molecule has 4 N–H and O–H groups in total. The zero-order chi connectivity index (χ0) is 16.0. The van der Waals surface area contributed by atoms with Gasteiger partial charge in [-0.15, -0.1) is 0 Å². The summed E-state index contributed by atoms with van der Waals surface area (Å²) < 4.78 is 0. The Morgan fingerprint density at radius 3 is 2.36 bits per heavy atom. The van der Waals surface area contributed by atoms with E-state index < -0.39 is 12.0 Å². The molecule has 2 rings (SSSR count). The van der Waals surface area contributed by atoms with Crippen molar-refractivity contribution in [2.45, 2.75) is 44.6 Å². The van der Waals surface area contributed by atoms with Crippen LogP contribution in [0.3, 0.4) is 0 Å². The molecule has 22 heavy (non-hydrogen) atoms.